The van der Waals surface area contributed by atoms with Crippen molar-refractivity contribution in [2.24, 2.45) is 0 Å². The van der Waals surface area contributed by atoms with Gasteiger partial charge in [-0.3, -0.25) is 0 Å². The van der Waals surface area contributed by atoms with Crippen LogP contribution in [0.15, 0.2) is 30.3 Å². The van der Waals surface area contributed by atoms with Crippen LogP contribution in [-0.4, -0.2) is 23.9 Å². The first-order valence-electron chi connectivity index (χ1n) is 13.0. The van der Waals surface area contributed by atoms with Gasteiger partial charge in [-0.1, -0.05) is 114 Å². The highest BCUT2D eigenvalue weighted by molar-refractivity contribution is 9.09. The van der Waals surface area contributed by atoms with E-state index in [1.54, 1.807) is 0 Å². The molecule has 0 saturated heterocycles. The van der Waals surface area contributed by atoms with Gasteiger partial charge >= 0.3 is 0 Å². The lowest BCUT2D eigenvalue weighted by Crippen LogP contribution is -2.32. The molecule has 0 amide bonds. The van der Waals surface area contributed by atoms with Crippen molar-refractivity contribution in [2.75, 3.05) is 23.9 Å². The average Bonchev–Trinajstić information content (AvgIpc) is 2.83. The maximum absolute atomic E-state index is 6.60. The second-order valence-corrected chi connectivity index (χ2v) is 10.6. The molecule has 2 nitrogen and oxygen atoms in total. The Kier molecular flexibility index (Phi) is 15.0. The number of ether oxygens (including phenoxy) is 2. The molecule has 0 heterocycles. The molecule has 0 spiro atoms. The van der Waals surface area contributed by atoms with Crippen molar-refractivity contribution in [1.82, 2.24) is 0 Å². The largest absolute Gasteiger partial charge is 0.493 e. The summed E-state index contributed by atoms with van der Waals surface area (Å²) in [7, 11) is 0. The molecule has 1 atom stereocenters. The van der Waals surface area contributed by atoms with Gasteiger partial charge in [0.15, 0.2) is 0 Å². The fourth-order valence-corrected chi connectivity index (χ4v) is 5.33. The standard InChI is InChI=1S/C28H44Br2O2/c1-2-28(32-24-16-10-6-4-8-14-22-30)20-19-27(25-17-11-12-18-26(25)28)31-23-15-9-5-3-7-13-21-29/h11-12,17-19H,2-10,13-16,20-24H2,1H3. The van der Waals surface area contributed by atoms with E-state index in [2.05, 4.69) is 69.1 Å². The number of fused-ring (bicyclic) bond motifs is 1. The number of hydrogen-bond donors (Lipinski definition) is 0. The zero-order valence-electron chi connectivity index (χ0n) is 20.2. The normalized spacial score (nSPS) is 17.8. The van der Waals surface area contributed by atoms with Crippen molar-refractivity contribution in [1.29, 1.82) is 0 Å². The van der Waals surface area contributed by atoms with E-state index in [4.69, 9.17) is 9.47 Å². The molecule has 0 radical (unpaired) electrons. The first-order valence-corrected chi connectivity index (χ1v) is 15.2. The molecule has 32 heavy (non-hydrogen) atoms. The van der Waals surface area contributed by atoms with Gasteiger partial charge in [0.05, 0.1) is 12.2 Å². The molecule has 2 rings (SSSR count). The minimum atomic E-state index is -0.200. The van der Waals surface area contributed by atoms with E-state index in [0.29, 0.717) is 0 Å². The Morgan fingerprint density at radius 1 is 0.750 bits per heavy atom. The highest BCUT2D eigenvalue weighted by Gasteiger charge is 2.36. The lowest BCUT2D eigenvalue weighted by Gasteiger charge is -2.37. The Morgan fingerprint density at radius 2 is 1.31 bits per heavy atom. The van der Waals surface area contributed by atoms with Crippen LogP contribution in [0.25, 0.3) is 5.76 Å². The Labute approximate surface area is 214 Å². The highest BCUT2D eigenvalue weighted by atomic mass is 79.9. The molecule has 1 aliphatic carbocycles. The molecular formula is C28H44Br2O2. The molecule has 1 unspecified atom stereocenters. The molecule has 0 saturated carbocycles. The van der Waals surface area contributed by atoms with Crippen molar-refractivity contribution in [3.8, 4) is 0 Å². The van der Waals surface area contributed by atoms with Crippen LogP contribution in [0.5, 0.6) is 0 Å². The number of alkyl halides is 2. The summed E-state index contributed by atoms with van der Waals surface area (Å²) < 4.78 is 12.9. The Balaban J connectivity index is 1.80. The van der Waals surface area contributed by atoms with E-state index < -0.39 is 0 Å². The summed E-state index contributed by atoms with van der Waals surface area (Å²) in [5.74, 6) is 1.05. The van der Waals surface area contributed by atoms with Gasteiger partial charge in [-0.25, -0.2) is 0 Å². The number of hydrogen-bond acceptors (Lipinski definition) is 2. The molecule has 182 valence electrons. The molecule has 0 fully saturated rings. The number of unbranched alkanes of at least 4 members (excludes halogenated alkanes) is 10. The second kappa shape index (κ2) is 17.2. The van der Waals surface area contributed by atoms with Gasteiger partial charge in [0.1, 0.15) is 5.76 Å². The molecule has 0 aliphatic heterocycles. The number of rotatable bonds is 19. The van der Waals surface area contributed by atoms with Crippen molar-refractivity contribution < 1.29 is 9.47 Å². The summed E-state index contributed by atoms with van der Waals surface area (Å²) >= 11 is 7.02. The molecule has 1 aromatic carbocycles. The predicted molar refractivity (Wildman–Crippen MR) is 146 cm³/mol. The lowest BCUT2D eigenvalue weighted by molar-refractivity contribution is -0.0553. The highest BCUT2D eigenvalue weighted by Crippen LogP contribution is 2.43. The fourth-order valence-electron chi connectivity index (χ4n) is 4.54. The van der Waals surface area contributed by atoms with E-state index >= 15 is 0 Å². The van der Waals surface area contributed by atoms with Crippen LogP contribution < -0.4 is 0 Å². The van der Waals surface area contributed by atoms with Gasteiger partial charge in [0, 0.05) is 29.3 Å². The van der Waals surface area contributed by atoms with Crippen molar-refractivity contribution in [3.63, 3.8) is 0 Å². The molecule has 0 N–H and O–H groups in total. The van der Waals surface area contributed by atoms with Crippen molar-refractivity contribution in [2.45, 2.75) is 102 Å². The fraction of sp³-hybridized carbons (Fsp3) is 0.714. The number of halogens is 2. The quantitative estimate of drug-likeness (QED) is 0.121. The monoisotopic (exact) mass is 570 g/mol. The van der Waals surface area contributed by atoms with E-state index in [9.17, 15) is 0 Å². The molecular weight excluding hydrogens is 528 g/mol. The van der Waals surface area contributed by atoms with Gasteiger partial charge in [0.25, 0.3) is 0 Å². The van der Waals surface area contributed by atoms with Crippen LogP contribution in [0, 0.1) is 0 Å². The smallest absolute Gasteiger partial charge is 0.123 e. The molecule has 0 aromatic heterocycles. The molecule has 0 bridgehead atoms. The lowest BCUT2D eigenvalue weighted by atomic mass is 9.80. The third-order valence-electron chi connectivity index (χ3n) is 6.56. The first-order chi connectivity index (χ1) is 15.8. The zero-order chi connectivity index (χ0) is 22.9. The molecule has 1 aromatic rings. The van der Waals surface area contributed by atoms with Crippen molar-refractivity contribution in [3.05, 3.63) is 41.5 Å². The zero-order valence-corrected chi connectivity index (χ0v) is 23.4. The molecule has 4 heteroatoms. The summed E-state index contributed by atoms with van der Waals surface area (Å²) in [6.45, 7) is 3.92. The average molecular weight is 572 g/mol. The first kappa shape index (κ1) is 27.9. The van der Waals surface area contributed by atoms with E-state index in [1.807, 2.05) is 0 Å². The van der Waals surface area contributed by atoms with Gasteiger partial charge < -0.3 is 9.47 Å². The maximum atomic E-state index is 6.60. The van der Waals surface area contributed by atoms with Crippen LogP contribution in [0.3, 0.4) is 0 Å². The van der Waals surface area contributed by atoms with Crippen molar-refractivity contribution >= 4 is 37.6 Å². The summed E-state index contributed by atoms with van der Waals surface area (Å²) in [5.41, 5.74) is 2.34. The van der Waals surface area contributed by atoms with Gasteiger partial charge in [-0.05, 0) is 43.7 Å². The van der Waals surface area contributed by atoms with Gasteiger partial charge in [0.2, 0.25) is 0 Å². The second-order valence-electron chi connectivity index (χ2n) is 8.98. The van der Waals surface area contributed by atoms with E-state index in [0.717, 1.165) is 55.3 Å². The predicted octanol–water partition coefficient (Wildman–Crippen LogP) is 9.54. The van der Waals surface area contributed by atoms with Crippen LogP contribution in [0.1, 0.15) is 108 Å². The summed E-state index contributed by atoms with van der Waals surface area (Å²) in [4.78, 5) is 0. The molecule has 1 aliphatic rings. The Bertz CT molecular complexity index is 646. The Morgan fingerprint density at radius 3 is 1.94 bits per heavy atom. The summed E-state index contributed by atoms with van der Waals surface area (Å²) in [6, 6.07) is 8.72. The summed E-state index contributed by atoms with van der Waals surface area (Å²) in [5, 5.41) is 2.26. The van der Waals surface area contributed by atoms with Crippen LogP contribution >= 0.6 is 31.9 Å². The third-order valence-corrected chi connectivity index (χ3v) is 7.69. The van der Waals surface area contributed by atoms with E-state index in [-0.39, 0.29) is 5.60 Å². The Hall–Kier alpha value is -0.320. The minimum Gasteiger partial charge on any atom is -0.493 e. The van der Waals surface area contributed by atoms with Crippen LogP contribution in [0.2, 0.25) is 0 Å². The number of benzene rings is 1. The van der Waals surface area contributed by atoms with E-state index in [1.165, 1.54) is 75.3 Å². The third kappa shape index (κ3) is 9.50. The van der Waals surface area contributed by atoms with Gasteiger partial charge in [-0.2, -0.15) is 0 Å². The topological polar surface area (TPSA) is 18.5 Å². The maximum Gasteiger partial charge on any atom is 0.123 e. The SMILES string of the molecule is CCC1(OCCCCCCCCBr)CC=C(OCCCCCCCCBr)c2ccccc21. The van der Waals surface area contributed by atoms with Crippen LogP contribution in [0.4, 0.5) is 0 Å². The minimum absolute atomic E-state index is 0.200. The van der Waals surface area contributed by atoms with Gasteiger partial charge in [-0.15, -0.1) is 0 Å². The summed E-state index contributed by atoms with van der Waals surface area (Å²) in [6.07, 6.45) is 19.6. The van der Waals surface area contributed by atoms with Crippen LogP contribution in [-0.2, 0) is 15.1 Å².